The van der Waals surface area contributed by atoms with Gasteiger partial charge in [0.2, 0.25) is 5.91 Å². The first kappa shape index (κ1) is 12.8. The molecular weight excluding hydrogens is 268 g/mol. The van der Waals surface area contributed by atoms with Crippen LogP contribution in [0, 0.1) is 0 Å². The Balaban J connectivity index is 1.84. The minimum atomic E-state index is -0.148. The lowest BCUT2D eigenvalue weighted by Crippen LogP contribution is -2.19. The molecule has 0 aliphatic heterocycles. The molecule has 1 heterocycles. The summed E-state index contributed by atoms with van der Waals surface area (Å²) in [7, 11) is 0. The number of hydrogen-bond donors (Lipinski definition) is 1. The molecule has 3 nitrogen and oxygen atoms in total. The van der Waals surface area contributed by atoms with E-state index in [1.807, 2.05) is 29.6 Å². The van der Waals surface area contributed by atoms with E-state index in [1.54, 1.807) is 29.7 Å². The first-order valence-electron chi connectivity index (χ1n) is 5.34. The highest BCUT2D eigenvalue weighted by molar-refractivity contribution is 7.11. The molecular formula is C13H11ClN2OS. The van der Waals surface area contributed by atoms with Gasteiger partial charge in [-0.1, -0.05) is 29.8 Å². The SMILES string of the molecule is O=C(Cc1ccc(Cl)cc1)N/N=C\c1cccs1. The number of nitrogens with zero attached hydrogens (tertiary/aromatic N) is 1. The van der Waals surface area contributed by atoms with Crippen LogP contribution in [0.1, 0.15) is 10.4 Å². The van der Waals surface area contributed by atoms with Gasteiger partial charge < -0.3 is 0 Å². The van der Waals surface area contributed by atoms with E-state index in [2.05, 4.69) is 10.5 Å². The van der Waals surface area contributed by atoms with Gasteiger partial charge in [-0.05, 0) is 29.1 Å². The fraction of sp³-hybridized carbons (Fsp3) is 0.0769. The van der Waals surface area contributed by atoms with Gasteiger partial charge in [-0.3, -0.25) is 4.79 Å². The number of hydrazone groups is 1. The second kappa shape index (κ2) is 6.33. The third-order valence-electron chi connectivity index (χ3n) is 2.20. The third-order valence-corrected chi connectivity index (χ3v) is 3.26. The summed E-state index contributed by atoms with van der Waals surface area (Å²) in [6.45, 7) is 0. The van der Waals surface area contributed by atoms with Gasteiger partial charge in [-0.2, -0.15) is 5.10 Å². The van der Waals surface area contributed by atoms with E-state index in [-0.39, 0.29) is 5.91 Å². The maximum Gasteiger partial charge on any atom is 0.244 e. The van der Waals surface area contributed by atoms with E-state index in [1.165, 1.54) is 0 Å². The van der Waals surface area contributed by atoms with Crippen molar-refractivity contribution in [1.82, 2.24) is 5.43 Å². The molecule has 0 spiro atoms. The Kier molecular flexibility index (Phi) is 4.50. The number of amides is 1. The van der Waals surface area contributed by atoms with Crippen LogP contribution >= 0.6 is 22.9 Å². The maximum atomic E-state index is 11.6. The highest BCUT2D eigenvalue weighted by Gasteiger charge is 2.01. The minimum absolute atomic E-state index is 0.148. The smallest absolute Gasteiger partial charge is 0.244 e. The Morgan fingerprint density at radius 2 is 2.11 bits per heavy atom. The molecule has 0 atom stereocenters. The van der Waals surface area contributed by atoms with Crippen molar-refractivity contribution in [3.63, 3.8) is 0 Å². The fourth-order valence-electron chi connectivity index (χ4n) is 1.36. The summed E-state index contributed by atoms with van der Waals surface area (Å²) in [6.07, 6.45) is 1.92. The molecule has 0 fully saturated rings. The first-order chi connectivity index (χ1) is 8.74. The quantitative estimate of drug-likeness (QED) is 0.678. The number of nitrogens with one attached hydrogen (secondary N) is 1. The molecule has 92 valence electrons. The average Bonchev–Trinajstić information content (AvgIpc) is 2.85. The van der Waals surface area contributed by atoms with Gasteiger partial charge in [0.15, 0.2) is 0 Å². The molecule has 18 heavy (non-hydrogen) atoms. The maximum absolute atomic E-state index is 11.6. The van der Waals surface area contributed by atoms with Crippen molar-refractivity contribution in [2.75, 3.05) is 0 Å². The summed E-state index contributed by atoms with van der Waals surface area (Å²) in [5.41, 5.74) is 3.39. The molecule has 2 rings (SSSR count). The predicted octanol–water partition coefficient (Wildman–Crippen LogP) is 3.09. The largest absolute Gasteiger partial charge is 0.273 e. The topological polar surface area (TPSA) is 41.5 Å². The van der Waals surface area contributed by atoms with E-state index >= 15 is 0 Å². The summed E-state index contributed by atoms with van der Waals surface area (Å²) >= 11 is 7.33. The van der Waals surface area contributed by atoms with Gasteiger partial charge in [-0.15, -0.1) is 11.3 Å². The number of halogens is 1. The van der Waals surface area contributed by atoms with Crippen molar-refractivity contribution in [2.45, 2.75) is 6.42 Å². The second-order valence-corrected chi connectivity index (χ2v) is 5.03. The molecule has 0 bridgehead atoms. The number of thiophene rings is 1. The van der Waals surface area contributed by atoms with E-state index in [0.29, 0.717) is 11.4 Å². The zero-order valence-corrected chi connectivity index (χ0v) is 11.0. The molecule has 1 N–H and O–H groups in total. The van der Waals surface area contributed by atoms with Crippen LogP contribution in [0.4, 0.5) is 0 Å². The van der Waals surface area contributed by atoms with Crippen molar-refractivity contribution in [1.29, 1.82) is 0 Å². The van der Waals surface area contributed by atoms with Crippen LogP contribution in [-0.2, 0) is 11.2 Å². The number of hydrogen-bond acceptors (Lipinski definition) is 3. The Morgan fingerprint density at radius 3 is 2.78 bits per heavy atom. The molecule has 0 saturated carbocycles. The van der Waals surface area contributed by atoms with Crippen molar-refractivity contribution < 1.29 is 4.79 Å². The Bertz CT molecular complexity index is 535. The normalized spacial score (nSPS) is 10.7. The molecule has 0 saturated heterocycles. The zero-order valence-electron chi connectivity index (χ0n) is 9.47. The molecule has 1 amide bonds. The monoisotopic (exact) mass is 278 g/mol. The number of carbonyl (C=O) groups is 1. The van der Waals surface area contributed by atoms with E-state index < -0.39 is 0 Å². The Morgan fingerprint density at radius 1 is 1.33 bits per heavy atom. The summed E-state index contributed by atoms with van der Waals surface area (Å²) in [4.78, 5) is 12.6. The van der Waals surface area contributed by atoms with Gasteiger partial charge in [0.25, 0.3) is 0 Å². The van der Waals surface area contributed by atoms with Gasteiger partial charge in [0, 0.05) is 9.90 Å². The second-order valence-electron chi connectivity index (χ2n) is 3.61. The van der Waals surface area contributed by atoms with Crippen LogP contribution < -0.4 is 5.43 Å². The van der Waals surface area contributed by atoms with E-state index in [9.17, 15) is 4.79 Å². The summed E-state index contributed by atoms with van der Waals surface area (Å²) in [6, 6.07) is 11.0. The van der Waals surface area contributed by atoms with Gasteiger partial charge in [0.05, 0.1) is 12.6 Å². The van der Waals surface area contributed by atoms with E-state index in [0.717, 1.165) is 10.4 Å². The highest BCUT2D eigenvalue weighted by atomic mass is 35.5. The van der Waals surface area contributed by atoms with Gasteiger partial charge in [-0.25, -0.2) is 5.43 Å². The van der Waals surface area contributed by atoms with Crippen LogP contribution in [0.5, 0.6) is 0 Å². The molecule has 2 aromatic rings. The lowest BCUT2D eigenvalue weighted by atomic mass is 10.1. The standard InChI is InChI=1S/C13H11ClN2OS/c14-11-5-3-10(4-6-11)8-13(17)16-15-9-12-2-1-7-18-12/h1-7,9H,8H2,(H,16,17)/b15-9-. The molecule has 1 aromatic carbocycles. The number of benzene rings is 1. The zero-order chi connectivity index (χ0) is 12.8. The van der Waals surface area contributed by atoms with Crippen molar-refractivity contribution >= 4 is 35.1 Å². The van der Waals surface area contributed by atoms with Crippen LogP contribution in [0.15, 0.2) is 46.9 Å². The molecule has 1 aromatic heterocycles. The molecule has 0 unspecified atom stereocenters. The first-order valence-corrected chi connectivity index (χ1v) is 6.59. The number of carbonyl (C=O) groups excluding carboxylic acids is 1. The predicted molar refractivity (Wildman–Crippen MR) is 75.2 cm³/mol. The van der Waals surface area contributed by atoms with Crippen LogP contribution in [0.25, 0.3) is 0 Å². The van der Waals surface area contributed by atoms with Gasteiger partial charge >= 0.3 is 0 Å². The van der Waals surface area contributed by atoms with Crippen molar-refractivity contribution in [3.05, 3.63) is 57.2 Å². The summed E-state index contributed by atoms with van der Waals surface area (Å²) < 4.78 is 0. The lowest BCUT2D eigenvalue weighted by molar-refractivity contribution is -0.120. The molecule has 0 aliphatic carbocycles. The third kappa shape index (κ3) is 3.98. The van der Waals surface area contributed by atoms with Crippen LogP contribution in [-0.4, -0.2) is 12.1 Å². The highest BCUT2D eigenvalue weighted by Crippen LogP contribution is 2.09. The molecule has 0 radical (unpaired) electrons. The average molecular weight is 279 g/mol. The lowest BCUT2D eigenvalue weighted by Gasteiger charge is -2.00. The molecule has 0 aliphatic rings. The van der Waals surface area contributed by atoms with Crippen molar-refractivity contribution in [3.8, 4) is 0 Å². The minimum Gasteiger partial charge on any atom is -0.273 e. The summed E-state index contributed by atoms with van der Waals surface area (Å²) in [5.74, 6) is -0.148. The molecule has 5 heteroatoms. The summed E-state index contributed by atoms with van der Waals surface area (Å²) in [5, 5.41) is 6.50. The van der Waals surface area contributed by atoms with Crippen LogP contribution in [0.3, 0.4) is 0 Å². The number of rotatable bonds is 4. The van der Waals surface area contributed by atoms with Crippen molar-refractivity contribution in [2.24, 2.45) is 5.10 Å². The Hall–Kier alpha value is -1.65. The van der Waals surface area contributed by atoms with Gasteiger partial charge in [0.1, 0.15) is 0 Å². The Labute approximate surface area is 114 Å². The fourth-order valence-corrected chi connectivity index (χ4v) is 2.07. The van der Waals surface area contributed by atoms with Crippen LogP contribution in [0.2, 0.25) is 5.02 Å². The van der Waals surface area contributed by atoms with E-state index in [4.69, 9.17) is 11.6 Å².